The Hall–Kier alpha value is -2.25. The van der Waals surface area contributed by atoms with E-state index in [2.05, 4.69) is 0 Å². The van der Waals surface area contributed by atoms with Crippen LogP contribution in [0.25, 0.3) is 0 Å². The van der Waals surface area contributed by atoms with Gasteiger partial charge in [0.1, 0.15) is 0 Å². The SMILES string of the molecule is NC(=O)N(C(=O)c1c(Cl)cccc1Cl)c1ccc(C(F)(F)F)cc1. The van der Waals surface area contributed by atoms with Gasteiger partial charge < -0.3 is 5.73 Å². The number of anilines is 1. The lowest BCUT2D eigenvalue weighted by Crippen LogP contribution is -2.41. The van der Waals surface area contributed by atoms with Crippen LogP contribution in [-0.2, 0) is 6.18 Å². The first-order valence-corrected chi connectivity index (χ1v) is 7.13. The van der Waals surface area contributed by atoms with E-state index in [1.807, 2.05) is 0 Å². The molecule has 0 saturated carbocycles. The molecule has 0 bridgehead atoms. The molecule has 0 aliphatic heterocycles. The predicted octanol–water partition coefficient (Wildman–Crippen LogP) is 4.74. The number of nitrogens with two attached hydrogens (primary N) is 1. The maximum atomic E-state index is 12.6. The van der Waals surface area contributed by atoms with E-state index in [0.717, 1.165) is 24.3 Å². The highest BCUT2D eigenvalue weighted by molar-refractivity contribution is 6.41. The van der Waals surface area contributed by atoms with E-state index in [1.165, 1.54) is 18.2 Å². The fourth-order valence-corrected chi connectivity index (χ4v) is 2.52. The van der Waals surface area contributed by atoms with E-state index in [1.54, 1.807) is 0 Å². The summed E-state index contributed by atoms with van der Waals surface area (Å²) in [7, 11) is 0. The second kappa shape index (κ2) is 6.70. The van der Waals surface area contributed by atoms with Gasteiger partial charge >= 0.3 is 12.2 Å². The summed E-state index contributed by atoms with van der Waals surface area (Å²) in [5.74, 6) is -0.946. The molecule has 0 aliphatic rings. The molecular weight excluding hydrogens is 368 g/mol. The van der Waals surface area contributed by atoms with Crippen LogP contribution in [0.2, 0.25) is 10.0 Å². The molecule has 0 radical (unpaired) electrons. The lowest BCUT2D eigenvalue weighted by Gasteiger charge is -2.20. The number of imide groups is 1. The van der Waals surface area contributed by atoms with Crippen molar-refractivity contribution in [1.29, 1.82) is 0 Å². The van der Waals surface area contributed by atoms with Crippen molar-refractivity contribution in [2.45, 2.75) is 6.18 Å². The molecule has 2 aromatic rings. The summed E-state index contributed by atoms with van der Waals surface area (Å²) in [4.78, 5) is 24.7. The van der Waals surface area contributed by atoms with Crippen molar-refractivity contribution in [3.8, 4) is 0 Å². The van der Waals surface area contributed by atoms with Crippen molar-refractivity contribution in [2.75, 3.05) is 4.90 Å². The third-order valence-corrected chi connectivity index (χ3v) is 3.68. The van der Waals surface area contributed by atoms with Crippen molar-refractivity contribution in [3.63, 3.8) is 0 Å². The Labute approximate surface area is 144 Å². The predicted molar refractivity (Wildman–Crippen MR) is 84.3 cm³/mol. The van der Waals surface area contributed by atoms with Crippen LogP contribution in [0.15, 0.2) is 42.5 Å². The molecule has 0 fully saturated rings. The van der Waals surface area contributed by atoms with Crippen molar-refractivity contribution in [2.24, 2.45) is 5.73 Å². The minimum atomic E-state index is -4.55. The van der Waals surface area contributed by atoms with Crippen LogP contribution in [0.1, 0.15) is 15.9 Å². The first-order chi connectivity index (χ1) is 11.1. The van der Waals surface area contributed by atoms with Crippen molar-refractivity contribution < 1.29 is 22.8 Å². The minimum Gasteiger partial charge on any atom is -0.351 e. The molecule has 3 amide bonds. The maximum Gasteiger partial charge on any atom is 0.416 e. The van der Waals surface area contributed by atoms with E-state index in [-0.39, 0.29) is 21.3 Å². The topological polar surface area (TPSA) is 63.4 Å². The fourth-order valence-electron chi connectivity index (χ4n) is 1.96. The zero-order valence-electron chi connectivity index (χ0n) is 11.8. The molecule has 2 N–H and O–H groups in total. The zero-order chi connectivity index (χ0) is 18.1. The first-order valence-electron chi connectivity index (χ1n) is 6.38. The Morgan fingerprint density at radius 1 is 0.958 bits per heavy atom. The lowest BCUT2D eigenvalue weighted by atomic mass is 10.1. The number of carbonyl (C=O) groups excluding carboxylic acids is 2. The molecule has 24 heavy (non-hydrogen) atoms. The summed E-state index contributed by atoms with van der Waals surface area (Å²) >= 11 is 11.8. The summed E-state index contributed by atoms with van der Waals surface area (Å²) < 4.78 is 37.8. The van der Waals surface area contributed by atoms with Crippen LogP contribution < -0.4 is 10.6 Å². The van der Waals surface area contributed by atoms with E-state index in [4.69, 9.17) is 28.9 Å². The fraction of sp³-hybridized carbons (Fsp3) is 0.0667. The number of hydrogen-bond donors (Lipinski definition) is 1. The van der Waals surface area contributed by atoms with Crippen molar-refractivity contribution >= 4 is 40.8 Å². The third-order valence-electron chi connectivity index (χ3n) is 3.05. The van der Waals surface area contributed by atoms with Gasteiger partial charge in [0.05, 0.1) is 26.9 Å². The molecule has 0 spiro atoms. The molecule has 2 aromatic carbocycles. The van der Waals surface area contributed by atoms with Crippen LogP contribution in [0.3, 0.4) is 0 Å². The number of primary amides is 1. The molecule has 126 valence electrons. The molecule has 4 nitrogen and oxygen atoms in total. The number of nitrogens with zero attached hydrogens (tertiary/aromatic N) is 1. The number of halogens is 5. The Morgan fingerprint density at radius 2 is 1.46 bits per heavy atom. The Morgan fingerprint density at radius 3 is 1.88 bits per heavy atom. The molecule has 0 atom stereocenters. The van der Waals surface area contributed by atoms with Crippen molar-refractivity contribution in [3.05, 3.63) is 63.6 Å². The van der Waals surface area contributed by atoms with Gasteiger partial charge in [-0.25, -0.2) is 9.69 Å². The van der Waals surface area contributed by atoms with Gasteiger partial charge in [-0.1, -0.05) is 29.3 Å². The molecule has 0 heterocycles. The quantitative estimate of drug-likeness (QED) is 0.822. The van der Waals surface area contributed by atoms with Crippen LogP contribution in [0.5, 0.6) is 0 Å². The highest BCUT2D eigenvalue weighted by atomic mass is 35.5. The number of alkyl halides is 3. The van der Waals surface area contributed by atoms with Crippen LogP contribution in [0, 0.1) is 0 Å². The van der Waals surface area contributed by atoms with Gasteiger partial charge in [-0.3, -0.25) is 4.79 Å². The molecule has 2 rings (SSSR count). The standard InChI is InChI=1S/C15H9Cl2F3N2O2/c16-10-2-1-3-11(17)12(10)13(23)22(14(21)24)9-6-4-8(5-7-9)15(18,19)20/h1-7H,(H2,21,24). The lowest BCUT2D eigenvalue weighted by molar-refractivity contribution is -0.137. The summed E-state index contributed by atoms with van der Waals surface area (Å²) in [5.41, 5.74) is 3.93. The Bertz CT molecular complexity index is 772. The molecule has 0 aliphatic carbocycles. The highest BCUT2D eigenvalue weighted by Gasteiger charge is 2.31. The van der Waals surface area contributed by atoms with Crippen LogP contribution in [0.4, 0.5) is 23.7 Å². The molecule has 0 saturated heterocycles. The Balaban J connectivity index is 2.47. The number of urea groups is 1. The van der Waals surface area contributed by atoms with E-state index in [9.17, 15) is 22.8 Å². The highest BCUT2D eigenvalue weighted by Crippen LogP contribution is 2.32. The maximum absolute atomic E-state index is 12.6. The minimum absolute atomic E-state index is 0.0225. The monoisotopic (exact) mass is 376 g/mol. The summed E-state index contributed by atoms with van der Waals surface area (Å²) in [6.45, 7) is 0. The van der Waals surface area contributed by atoms with Gasteiger partial charge in [0.15, 0.2) is 0 Å². The van der Waals surface area contributed by atoms with E-state index < -0.39 is 23.7 Å². The number of carbonyl (C=O) groups is 2. The van der Waals surface area contributed by atoms with Gasteiger partial charge in [-0.15, -0.1) is 0 Å². The second-order valence-corrected chi connectivity index (χ2v) is 5.43. The number of amides is 3. The average Bonchev–Trinajstić information content (AvgIpc) is 2.46. The largest absolute Gasteiger partial charge is 0.416 e. The van der Waals surface area contributed by atoms with Gasteiger partial charge in [0.2, 0.25) is 0 Å². The third kappa shape index (κ3) is 3.63. The zero-order valence-corrected chi connectivity index (χ0v) is 13.3. The second-order valence-electron chi connectivity index (χ2n) is 4.62. The normalized spacial score (nSPS) is 11.2. The number of benzene rings is 2. The molecule has 0 unspecified atom stereocenters. The molecule has 0 aromatic heterocycles. The van der Waals surface area contributed by atoms with Gasteiger partial charge in [0.25, 0.3) is 5.91 Å². The molecule has 9 heteroatoms. The van der Waals surface area contributed by atoms with E-state index >= 15 is 0 Å². The summed E-state index contributed by atoms with van der Waals surface area (Å²) in [5, 5.41) is -0.0451. The van der Waals surface area contributed by atoms with E-state index in [0.29, 0.717) is 4.90 Å². The molecular formula is C15H9Cl2F3N2O2. The Kier molecular flexibility index (Phi) is 5.05. The smallest absolute Gasteiger partial charge is 0.351 e. The summed E-state index contributed by atoms with van der Waals surface area (Å²) in [6.07, 6.45) is -4.55. The summed E-state index contributed by atoms with van der Waals surface area (Å²) in [6, 6.07) is 6.44. The average molecular weight is 377 g/mol. The van der Waals surface area contributed by atoms with Crippen molar-refractivity contribution in [1.82, 2.24) is 0 Å². The number of rotatable bonds is 2. The van der Waals surface area contributed by atoms with Crippen LogP contribution in [-0.4, -0.2) is 11.9 Å². The van der Waals surface area contributed by atoms with Gasteiger partial charge in [0, 0.05) is 0 Å². The van der Waals surface area contributed by atoms with Gasteiger partial charge in [-0.05, 0) is 36.4 Å². The first kappa shape index (κ1) is 18.1. The number of hydrogen-bond acceptors (Lipinski definition) is 2. The van der Waals surface area contributed by atoms with Crippen LogP contribution >= 0.6 is 23.2 Å². The van der Waals surface area contributed by atoms with Gasteiger partial charge in [-0.2, -0.15) is 13.2 Å².